The molecule has 5 nitrogen and oxygen atoms in total. The molecule has 0 aliphatic heterocycles. The Morgan fingerprint density at radius 3 is 2.48 bits per heavy atom. The van der Waals surface area contributed by atoms with Crippen molar-refractivity contribution in [3.63, 3.8) is 0 Å². The van der Waals surface area contributed by atoms with Crippen LogP contribution >= 0.6 is 0 Å². The van der Waals surface area contributed by atoms with Gasteiger partial charge < -0.3 is 14.8 Å². The number of rotatable bonds is 8. The molecule has 1 aliphatic carbocycles. The third kappa shape index (κ3) is 5.09. The van der Waals surface area contributed by atoms with Gasteiger partial charge in [0.05, 0.1) is 18.1 Å². The molecule has 0 saturated heterocycles. The number of anilines is 1. The van der Waals surface area contributed by atoms with Crippen LogP contribution in [0.5, 0.6) is 5.75 Å². The summed E-state index contributed by atoms with van der Waals surface area (Å²) in [6, 6.07) is 13.4. The highest BCUT2D eigenvalue weighted by Crippen LogP contribution is 2.42. The summed E-state index contributed by atoms with van der Waals surface area (Å²) in [6.45, 7) is 8.07. The van der Waals surface area contributed by atoms with Crippen LogP contribution in [-0.2, 0) is 14.9 Å². The third-order valence-electron chi connectivity index (χ3n) is 6.10. The number of aryl methyl sites for hydroxylation is 1. The third-order valence-corrected chi connectivity index (χ3v) is 6.10. The fraction of sp³-hybridized carbons (Fsp3) is 0.462. The van der Waals surface area contributed by atoms with Gasteiger partial charge in [-0.2, -0.15) is 0 Å². The fourth-order valence-corrected chi connectivity index (χ4v) is 4.20. The normalized spacial score (nSPS) is 15.9. The predicted octanol–water partition coefficient (Wildman–Crippen LogP) is 5.80. The molecule has 3 rings (SSSR count). The van der Waals surface area contributed by atoms with Crippen molar-refractivity contribution in [2.45, 2.75) is 71.3 Å². The van der Waals surface area contributed by atoms with Crippen molar-refractivity contribution in [1.82, 2.24) is 0 Å². The van der Waals surface area contributed by atoms with E-state index in [4.69, 9.17) is 9.47 Å². The maximum absolute atomic E-state index is 13.5. The van der Waals surface area contributed by atoms with Gasteiger partial charge in [-0.1, -0.05) is 49.6 Å². The van der Waals surface area contributed by atoms with Crippen LogP contribution in [0.4, 0.5) is 5.69 Å². The Kier molecular flexibility index (Phi) is 7.37. The van der Waals surface area contributed by atoms with Crippen molar-refractivity contribution in [3.05, 3.63) is 59.2 Å². The van der Waals surface area contributed by atoms with Crippen LogP contribution in [0.15, 0.2) is 42.5 Å². The Bertz CT molecular complexity index is 931. The van der Waals surface area contributed by atoms with Crippen molar-refractivity contribution in [3.8, 4) is 5.75 Å². The molecule has 0 spiro atoms. The highest BCUT2D eigenvalue weighted by Gasteiger charge is 2.42. The second-order valence-corrected chi connectivity index (χ2v) is 8.38. The molecule has 5 heteroatoms. The summed E-state index contributed by atoms with van der Waals surface area (Å²) in [5.74, 6) is -0.00719. The monoisotopic (exact) mass is 423 g/mol. The van der Waals surface area contributed by atoms with Crippen molar-refractivity contribution >= 4 is 17.6 Å². The highest BCUT2D eigenvalue weighted by molar-refractivity contribution is 6.01. The minimum atomic E-state index is -0.540. The van der Waals surface area contributed by atoms with Crippen LogP contribution in [0, 0.1) is 6.92 Å². The molecule has 2 aromatic carbocycles. The average Bonchev–Trinajstić information content (AvgIpc) is 3.26. The predicted molar refractivity (Wildman–Crippen MR) is 123 cm³/mol. The smallest absolute Gasteiger partial charge is 0.341 e. The van der Waals surface area contributed by atoms with Crippen LogP contribution in [0.25, 0.3) is 0 Å². The molecule has 2 aromatic rings. The molecule has 0 aromatic heterocycles. The first-order valence-corrected chi connectivity index (χ1v) is 11.3. The van der Waals surface area contributed by atoms with Crippen LogP contribution in [0.1, 0.15) is 74.4 Å². The van der Waals surface area contributed by atoms with Crippen LogP contribution in [0.2, 0.25) is 0 Å². The summed E-state index contributed by atoms with van der Waals surface area (Å²) < 4.78 is 11.1. The average molecular weight is 424 g/mol. The topological polar surface area (TPSA) is 64.6 Å². The van der Waals surface area contributed by atoms with E-state index >= 15 is 0 Å². The summed E-state index contributed by atoms with van der Waals surface area (Å²) in [6.07, 6.45) is 4.48. The lowest BCUT2D eigenvalue weighted by molar-refractivity contribution is -0.121. The molecule has 166 valence electrons. The van der Waals surface area contributed by atoms with Gasteiger partial charge in [-0.05, 0) is 63.8 Å². The van der Waals surface area contributed by atoms with Gasteiger partial charge in [0, 0.05) is 5.69 Å². The maximum atomic E-state index is 13.5. The number of hydrogen-bond acceptors (Lipinski definition) is 4. The maximum Gasteiger partial charge on any atom is 0.341 e. The van der Waals surface area contributed by atoms with E-state index in [0.29, 0.717) is 17.0 Å². The number of carbonyl (C=O) groups excluding carboxylic acids is 2. The van der Waals surface area contributed by atoms with Crippen molar-refractivity contribution in [2.75, 3.05) is 11.9 Å². The Balaban J connectivity index is 1.90. The summed E-state index contributed by atoms with van der Waals surface area (Å²) in [5, 5.41) is 3.07. The molecular formula is C26H33NO4. The molecule has 1 fully saturated rings. The van der Waals surface area contributed by atoms with E-state index in [1.54, 1.807) is 25.1 Å². The summed E-state index contributed by atoms with van der Waals surface area (Å²) >= 11 is 0. The molecule has 31 heavy (non-hydrogen) atoms. The Morgan fingerprint density at radius 2 is 1.84 bits per heavy atom. The van der Waals surface area contributed by atoms with Gasteiger partial charge in [0.15, 0.2) is 0 Å². The SMILES string of the molecule is CCOC(=O)c1cc(NC(=O)C2(c3cccc(C)c3)CCCC2)ccc1OC(C)CC. The van der Waals surface area contributed by atoms with Gasteiger partial charge in [0.2, 0.25) is 5.91 Å². The molecule has 1 amide bonds. The Labute approximate surface area is 185 Å². The minimum Gasteiger partial charge on any atom is -0.490 e. The van der Waals surface area contributed by atoms with Crippen LogP contribution in [-0.4, -0.2) is 24.6 Å². The highest BCUT2D eigenvalue weighted by atomic mass is 16.5. The first-order chi connectivity index (χ1) is 14.9. The molecule has 1 aliphatic rings. The number of hydrogen-bond donors (Lipinski definition) is 1. The number of carbonyl (C=O) groups is 2. The Hall–Kier alpha value is -2.82. The lowest BCUT2D eigenvalue weighted by Crippen LogP contribution is -2.38. The molecule has 1 saturated carbocycles. The first kappa shape index (κ1) is 22.9. The second-order valence-electron chi connectivity index (χ2n) is 8.38. The van der Waals surface area contributed by atoms with Crippen LogP contribution < -0.4 is 10.1 Å². The Morgan fingerprint density at radius 1 is 1.10 bits per heavy atom. The molecule has 0 heterocycles. The first-order valence-electron chi connectivity index (χ1n) is 11.3. The minimum absolute atomic E-state index is 0.0268. The number of benzene rings is 2. The van der Waals surface area contributed by atoms with Crippen LogP contribution in [0.3, 0.4) is 0 Å². The number of amides is 1. The van der Waals surface area contributed by atoms with E-state index in [1.165, 1.54) is 0 Å². The molecule has 0 radical (unpaired) electrons. The summed E-state index contributed by atoms with van der Waals surface area (Å²) in [5.41, 5.74) is 2.57. The zero-order valence-corrected chi connectivity index (χ0v) is 19.0. The second kappa shape index (κ2) is 9.99. The van der Waals surface area contributed by atoms with E-state index in [-0.39, 0.29) is 18.6 Å². The van der Waals surface area contributed by atoms with Crippen molar-refractivity contribution in [1.29, 1.82) is 0 Å². The lowest BCUT2D eigenvalue weighted by atomic mass is 9.77. The molecule has 1 unspecified atom stereocenters. The van der Waals surface area contributed by atoms with Gasteiger partial charge >= 0.3 is 5.97 Å². The van der Waals surface area contributed by atoms with E-state index in [1.807, 2.05) is 39.0 Å². The van der Waals surface area contributed by atoms with E-state index < -0.39 is 11.4 Å². The van der Waals surface area contributed by atoms with Gasteiger partial charge in [-0.25, -0.2) is 4.79 Å². The molecular weight excluding hydrogens is 390 g/mol. The number of ether oxygens (including phenoxy) is 2. The number of nitrogens with one attached hydrogen (secondary N) is 1. The number of esters is 1. The van der Waals surface area contributed by atoms with Gasteiger partial charge in [-0.15, -0.1) is 0 Å². The zero-order chi connectivity index (χ0) is 22.4. The lowest BCUT2D eigenvalue weighted by Gasteiger charge is -2.29. The van der Waals surface area contributed by atoms with E-state index in [2.05, 4.69) is 11.4 Å². The van der Waals surface area contributed by atoms with E-state index in [9.17, 15) is 9.59 Å². The summed E-state index contributed by atoms with van der Waals surface area (Å²) in [4.78, 5) is 26.0. The van der Waals surface area contributed by atoms with Gasteiger partial charge in [0.1, 0.15) is 11.3 Å². The molecule has 0 bridgehead atoms. The van der Waals surface area contributed by atoms with Gasteiger partial charge in [0.25, 0.3) is 0 Å². The fourth-order valence-electron chi connectivity index (χ4n) is 4.20. The van der Waals surface area contributed by atoms with Crippen molar-refractivity contribution < 1.29 is 19.1 Å². The summed E-state index contributed by atoms with van der Waals surface area (Å²) in [7, 11) is 0. The molecule has 1 atom stereocenters. The quantitative estimate of drug-likeness (QED) is 0.545. The molecule has 1 N–H and O–H groups in total. The van der Waals surface area contributed by atoms with Gasteiger partial charge in [-0.3, -0.25) is 4.79 Å². The standard InChI is InChI=1S/C26H33NO4/c1-5-19(4)31-23-13-12-21(17-22(23)24(28)30-6-2)27-25(29)26(14-7-8-15-26)20-11-9-10-18(3)16-20/h9-13,16-17,19H,5-8,14-15H2,1-4H3,(H,27,29). The van der Waals surface area contributed by atoms with E-state index in [0.717, 1.165) is 43.2 Å². The van der Waals surface area contributed by atoms with Crippen molar-refractivity contribution in [2.24, 2.45) is 0 Å². The largest absolute Gasteiger partial charge is 0.490 e. The zero-order valence-electron chi connectivity index (χ0n) is 19.0.